The molecule has 2 atom stereocenters. The smallest absolute Gasteiger partial charge is 0.387 e. The summed E-state index contributed by atoms with van der Waals surface area (Å²) < 4.78 is 34.8. The number of aliphatic hydroxyl groups excluding tert-OH is 1. The van der Waals surface area contributed by atoms with Crippen molar-refractivity contribution in [1.29, 1.82) is 0 Å². The van der Waals surface area contributed by atoms with Crippen molar-refractivity contribution in [1.82, 2.24) is 4.90 Å². The molecule has 0 aromatic heterocycles. The topological polar surface area (TPSA) is 41.9 Å². The van der Waals surface area contributed by atoms with Crippen LogP contribution in [-0.2, 0) is 6.54 Å². The molecule has 0 aliphatic carbocycles. The number of alkyl halides is 2. The Labute approximate surface area is 136 Å². The summed E-state index contributed by atoms with van der Waals surface area (Å²) in [6.45, 7) is 2.83. The first-order valence-corrected chi connectivity index (χ1v) is 8.12. The van der Waals surface area contributed by atoms with Crippen LogP contribution in [0.2, 0.25) is 0 Å². The number of benzene rings is 1. The van der Waals surface area contributed by atoms with Crippen molar-refractivity contribution in [3.63, 3.8) is 0 Å². The zero-order valence-corrected chi connectivity index (χ0v) is 13.7. The van der Waals surface area contributed by atoms with Gasteiger partial charge in [-0.2, -0.15) is 8.78 Å². The van der Waals surface area contributed by atoms with Crippen LogP contribution in [0.4, 0.5) is 8.78 Å². The largest absolute Gasteiger partial charge is 0.490 e. The van der Waals surface area contributed by atoms with E-state index in [0.29, 0.717) is 24.9 Å². The average molecular weight is 329 g/mol. The molecule has 1 fully saturated rings. The summed E-state index contributed by atoms with van der Waals surface area (Å²) in [5.41, 5.74) is 0.993. The monoisotopic (exact) mass is 329 g/mol. The van der Waals surface area contributed by atoms with Gasteiger partial charge in [0, 0.05) is 12.6 Å². The highest BCUT2D eigenvalue weighted by Crippen LogP contribution is 2.31. The molecule has 4 nitrogen and oxygen atoms in total. The second-order valence-electron chi connectivity index (χ2n) is 5.94. The third kappa shape index (κ3) is 5.32. The number of hydrogen-bond acceptors (Lipinski definition) is 4. The van der Waals surface area contributed by atoms with Crippen LogP contribution in [0.1, 0.15) is 38.7 Å². The molecule has 1 saturated heterocycles. The molecule has 130 valence electrons. The fourth-order valence-corrected chi connectivity index (χ4v) is 3.11. The van der Waals surface area contributed by atoms with Gasteiger partial charge in [0.1, 0.15) is 0 Å². The van der Waals surface area contributed by atoms with E-state index >= 15 is 0 Å². The van der Waals surface area contributed by atoms with Gasteiger partial charge in [-0.3, -0.25) is 4.90 Å². The van der Waals surface area contributed by atoms with Crippen molar-refractivity contribution >= 4 is 0 Å². The maximum absolute atomic E-state index is 12.4. The lowest BCUT2D eigenvalue weighted by Crippen LogP contribution is -2.31. The summed E-state index contributed by atoms with van der Waals surface area (Å²) in [5.74, 6) is 0.407. The Hall–Kier alpha value is -1.40. The molecule has 1 aromatic rings. The lowest BCUT2D eigenvalue weighted by Gasteiger charge is -2.26. The van der Waals surface area contributed by atoms with Crippen LogP contribution in [0.3, 0.4) is 0 Å². The van der Waals surface area contributed by atoms with Crippen molar-refractivity contribution in [3.8, 4) is 11.5 Å². The molecular weight excluding hydrogens is 304 g/mol. The molecule has 0 saturated carbocycles. The number of aliphatic hydroxyl groups is 1. The Morgan fingerprint density at radius 3 is 2.78 bits per heavy atom. The van der Waals surface area contributed by atoms with Crippen LogP contribution < -0.4 is 9.47 Å². The molecule has 6 heteroatoms. The van der Waals surface area contributed by atoms with Gasteiger partial charge < -0.3 is 14.6 Å². The first-order valence-electron chi connectivity index (χ1n) is 8.12. The van der Waals surface area contributed by atoms with Gasteiger partial charge in [-0.05, 0) is 57.4 Å². The number of nitrogens with zero attached hydrogens (tertiary/aromatic N) is 1. The minimum Gasteiger partial charge on any atom is -0.490 e. The van der Waals surface area contributed by atoms with Gasteiger partial charge in [-0.15, -0.1) is 0 Å². The number of halogens is 2. The van der Waals surface area contributed by atoms with Gasteiger partial charge in [0.25, 0.3) is 0 Å². The Bertz CT molecular complexity index is 497. The van der Waals surface area contributed by atoms with Gasteiger partial charge in [0.2, 0.25) is 0 Å². The molecule has 1 aliphatic heterocycles. The van der Waals surface area contributed by atoms with E-state index in [1.807, 2.05) is 0 Å². The van der Waals surface area contributed by atoms with Crippen molar-refractivity contribution in [2.75, 3.05) is 13.2 Å². The van der Waals surface area contributed by atoms with E-state index in [2.05, 4.69) is 9.64 Å². The van der Waals surface area contributed by atoms with E-state index < -0.39 is 6.61 Å². The highest BCUT2D eigenvalue weighted by atomic mass is 19.3. The van der Waals surface area contributed by atoms with Crippen LogP contribution in [0.5, 0.6) is 11.5 Å². The maximum Gasteiger partial charge on any atom is 0.387 e. The standard InChI is InChI=1S/C17H25F2NO3/c1-3-22-16-10-13(6-7-15(16)23-17(18)19)11-20-8-4-5-14(20)9-12(2)21/h6-7,10,12,14,17,21H,3-5,8-9,11H2,1-2H3. The molecule has 1 N–H and O–H groups in total. The Kier molecular flexibility index (Phi) is 6.59. The highest BCUT2D eigenvalue weighted by molar-refractivity contribution is 5.43. The van der Waals surface area contributed by atoms with Crippen LogP contribution in [-0.4, -0.2) is 41.9 Å². The lowest BCUT2D eigenvalue weighted by atomic mass is 10.1. The molecule has 2 unspecified atom stereocenters. The third-order valence-electron chi connectivity index (χ3n) is 4.02. The summed E-state index contributed by atoms with van der Waals surface area (Å²) >= 11 is 0. The number of rotatable bonds is 8. The number of likely N-dealkylation sites (tertiary alicyclic amines) is 1. The van der Waals surface area contributed by atoms with E-state index in [0.717, 1.165) is 31.4 Å². The fourth-order valence-electron chi connectivity index (χ4n) is 3.11. The molecule has 2 rings (SSSR count). The molecule has 1 aliphatic rings. The van der Waals surface area contributed by atoms with Gasteiger partial charge in [0.15, 0.2) is 11.5 Å². The average Bonchev–Trinajstić information content (AvgIpc) is 2.88. The molecule has 0 amide bonds. The Morgan fingerprint density at radius 2 is 2.13 bits per heavy atom. The van der Waals surface area contributed by atoms with E-state index in [-0.39, 0.29) is 11.9 Å². The van der Waals surface area contributed by atoms with Crippen LogP contribution in [0.25, 0.3) is 0 Å². The molecule has 0 spiro atoms. The number of hydrogen-bond donors (Lipinski definition) is 1. The molecule has 0 radical (unpaired) electrons. The summed E-state index contributed by atoms with van der Waals surface area (Å²) in [6, 6.07) is 5.45. The van der Waals surface area contributed by atoms with Gasteiger partial charge >= 0.3 is 6.61 Å². The molecule has 23 heavy (non-hydrogen) atoms. The van der Waals surface area contributed by atoms with Crippen molar-refractivity contribution in [3.05, 3.63) is 23.8 Å². The fraction of sp³-hybridized carbons (Fsp3) is 0.647. The predicted octanol–water partition coefficient (Wildman–Crippen LogP) is 3.42. The van der Waals surface area contributed by atoms with Crippen LogP contribution in [0.15, 0.2) is 18.2 Å². The second-order valence-corrected chi connectivity index (χ2v) is 5.94. The SMILES string of the molecule is CCOc1cc(CN2CCCC2CC(C)O)ccc1OC(F)F. The summed E-state index contributed by atoms with van der Waals surface area (Å²) in [5, 5.41) is 9.60. The van der Waals surface area contributed by atoms with Crippen molar-refractivity contribution in [2.24, 2.45) is 0 Å². The Morgan fingerprint density at radius 1 is 1.35 bits per heavy atom. The van der Waals surface area contributed by atoms with Crippen molar-refractivity contribution < 1.29 is 23.4 Å². The molecule has 1 heterocycles. The van der Waals surface area contributed by atoms with E-state index in [4.69, 9.17) is 4.74 Å². The van der Waals surface area contributed by atoms with Gasteiger partial charge in [-0.1, -0.05) is 6.07 Å². The van der Waals surface area contributed by atoms with Crippen molar-refractivity contribution in [2.45, 2.75) is 58.4 Å². The lowest BCUT2D eigenvalue weighted by molar-refractivity contribution is -0.0514. The predicted molar refractivity (Wildman–Crippen MR) is 84.0 cm³/mol. The van der Waals surface area contributed by atoms with E-state index in [1.54, 1.807) is 26.0 Å². The summed E-state index contributed by atoms with van der Waals surface area (Å²) in [7, 11) is 0. The van der Waals surface area contributed by atoms with Crippen LogP contribution >= 0.6 is 0 Å². The quantitative estimate of drug-likeness (QED) is 0.793. The molecular formula is C17H25F2NO3. The normalized spacial score (nSPS) is 20.0. The summed E-state index contributed by atoms with van der Waals surface area (Å²) in [6.07, 6.45) is 2.63. The highest BCUT2D eigenvalue weighted by Gasteiger charge is 2.25. The first kappa shape index (κ1) is 17.9. The maximum atomic E-state index is 12.4. The second kappa shape index (κ2) is 8.45. The minimum absolute atomic E-state index is 0.0625. The van der Waals surface area contributed by atoms with Gasteiger partial charge in [0.05, 0.1) is 12.7 Å². The Balaban J connectivity index is 2.08. The van der Waals surface area contributed by atoms with Gasteiger partial charge in [-0.25, -0.2) is 0 Å². The third-order valence-corrected chi connectivity index (χ3v) is 4.02. The van der Waals surface area contributed by atoms with Crippen LogP contribution in [0, 0.1) is 0 Å². The zero-order chi connectivity index (χ0) is 16.8. The zero-order valence-electron chi connectivity index (χ0n) is 13.7. The minimum atomic E-state index is -2.87. The first-order chi connectivity index (χ1) is 11.0. The number of ether oxygens (including phenoxy) is 2. The summed E-state index contributed by atoms with van der Waals surface area (Å²) in [4.78, 5) is 2.32. The van der Waals surface area contributed by atoms with E-state index in [1.165, 1.54) is 6.07 Å². The molecule has 1 aromatic carbocycles. The molecule has 0 bridgehead atoms. The van der Waals surface area contributed by atoms with E-state index in [9.17, 15) is 13.9 Å².